The molecule has 0 aliphatic rings. The molecular formula is C12H13ClN6S. The van der Waals surface area contributed by atoms with Crippen molar-refractivity contribution < 1.29 is 0 Å². The van der Waals surface area contributed by atoms with E-state index in [9.17, 15) is 0 Å². The molecule has 0 N–H and O–H groups in total. The van der Waals surface area contributed by atoms with Crippen LogP contribution in [0.4, 0.5) is 0 Å². The molecule has 0 aliphatic heterocycles. The fraction of sp³-hybridized carbons (Fsp3) is 0.333. The molecule has 0 spiro atoms. The minimum atomic E-state index is 0.214. The zero-order valence-corrected chi connectivity index (χ0v) is 12.6. The van der Waals surface area contributed by atoms with E-state index in [1.165, 1.54) is 0 Å². The molecule has 0 aliphatic carbocycles. The Morgan fingerprint density at radius 2 is 2.25 bits per heavy atom. The molecule has 20 heavy (non-hydrogen) atoms. The average molecular weight is 309 g/mol. The van der Waals surface area contributed by atoms with Gasteiger partial charge in [0.1, 0.15) is 11.4 Å². The second-order valence-corrected chi connectivity index (χ2v) is 5.94. The lowest BCUT2D eigenvalue weighted by Crippen LogP contribution is -2.08. The molecule has 0 saturated carbocycles. The first-order chi connectivity index (χ1) is 9.63. The van der Waals surface area contributed by atoms with Gasteiger partial charge in [0.2, 0.25) is 0 Å². The van der Waals surface area contributed by atoms with Gasteiger partial charge in [-0.05, 0) is 6.92 Å². The molecule has 1 atom stereocenters. The molecule has 0 amide bonds. The number of rotatable bonds is 4. The fourth-order valence-corrected chi connectivity index (χ4v) is 3.00. The first-order valence-electron chi connectivity index (χ1n) is 6.12. The third kappa shape index (κ3) is 2.59. The minimum absolute atomic E-state index is 0.214. The normalized spacial score (nSPS) is 12.8. The molecule has 3 aromatic heterocycles. The molecule has 0 saturated heterocycles. The van der Waals surface area contributed by atoms with Crippen LogP contribution in [0.2, 0.25) is 5.02 Å². The Kier molecular flexibility index (Phi) is 3.54. The Hall–Kier alpha value is -1.73. The van der Waals surface area contributed by atoms with Crippen molar-refractivity contribution in [2.45, 2.75) is 19.4 Å². The first kappa shape index (κ1) is 13.3. The van der Waals surface area contributed by atoms with Gasteiger partial charge in [-0.1, -0.05) is 16.8 Å². The molecule has 3 heterocycles. The lowest BCUT2D eigenvalue weighted by atomic mass is 10.2. The second kappa shape index (κ2) is 5.34. The fourth-order valence-electron chi connectivity index (χ4n) is 1.95. The third-order valence-electron chi connectivity index (χ3n) is 3.02. The number of aryl methyl sites for hydroxylation is 1. The maximum absolute atomic E-state index is 5.88. The van der Waals surface area contributed by atoms with Crippen molar-refractivity contribution in [3.05, 3.63) is 34.0 Å². The van der Waals surface area contributed by atoms with Crippen molar-refractivity contribution in [1.29, 1.82) is 0 Å². The predicted molar refractivity (Wildman–Crippen MR) is 77.8 cm³/mol. The quantitative estimate of drug-likeness (QED) is 0.743. The lowest BCUT2D eigenvalue weighted by Gasteiger charge is -2.09. The summed E-state index contributed by atoms with van der Waals surface area (Å²) in [6.45, 7) is 2.09. The summed E-state index contributed by atoms with van der Waals surface area (Å²) >= 11 is 7.52. The SMILES string of the molecule is C[C@H](Cc1nc(-c2cnnn2C)cs1)n1cc(Cl)cn1. The van der Waals surface area contributed by atoms with Gasteiger partial charge in [-0.15, -0.1) is 16.4 Å². The predicted octanol–water partition coefficient (Wildman–Crippen LogP) is 2.59. The van der Waals surface area contributed by atoms with Crippen molar-refractivity contribution in [2.75, 3.05) is 0 Å². The lowest BCUT2D eigenvalue weighted by molar-refractivity contribution is 0.488. The molecular weight excluding hydrogens is 296 g/mol. The van der Waals surface area contributed by atoms with Crippen molar-refractivity contribution in [3.8, 4) is 11.4 Å². The molecule has 0 bridgehead atoms. The number of halogens is 1. The van der Waals surface area contributed by atoms with Gasteiger partial charge in [-0.25, -0.2) is 9.67 Å². The van der Waals surface area contributed by atoms with Crippen molar-refractivity contribution in [2.24, 2.45) is 7.05 Å². The van der Waals surface area contributed by atoms with E-state index in [4.69, 9.17) is 11.6 Å². The molecule has 3 aromatic rings. The maximum atomic E-state index is 5.88. The van der Waals surface area contributed by atoms with Gasteiger partial charge < -0.3 is 0 Å². The Labute approximate surface area is 125 Å². The zero-order chi connectivity index (χ0) is 14.1. The van der Waals surface area contributed by atoms with Gasteiger partial charge >= 0.3 is 0 Å². The molecule has 0 aromatic carbocycles. The van der Waals surface area contributed by atoms with E-state index in [0.29, 0.717) is 5.02 Å². The zero-order valence-electron chi connectivity index (χ0n) is 11.1. The van der Waals surface area contributed by atoms with Crippen LogP contribution < -0.4 is 0 Å². The van der Waals surface area contributed by atoms with Crippen LogP contribution in [0.5, 0.6) is 0 Å². The van der Waals surface area contributed by atoms with Crippen molar-refractivity contribution in [1.82, 2.24) is 29.8 Å². The number of thiazole rings is 1. The average Bonchev–Trinajstić information content (AvgIpc) is 3.10. The summed E-state index contributed by atoms with van der Waals surface area (Å²) in [5.74, 6) is 0. The van der Waals surface area contributed by atoms with E-state index in [0.717, 1.165) is 22.8 Å². The highest BCUT2D eigenvalue weighted by Gasteiger charge is 2.13. The summed E-state index contributed by atoms with van der Waals surface area (Å²) < 4.78 is 3.57. The second-order valence-electron chi connectivity index (χ2n) is 4.56. The van der Waals surface area contributed by atoms with E-state index < -0.39 is 0 Å². The van der Waals surface area contributed by atoms with E-state index >= 15 is 0 Å². The Morgan fingerprint density at radius 1 is 1.40 bits per heavy atom. The summed E-state index contributed by atoms with van der Waals surface area (Å²) in [4.78, 5) is 4.63. The van der Waals surface area contributed by atoms with Gasteiger partial charge in [0.25, 0.3) is 0 Å². The van der Waals surface area contributed by atoms with Crippen LogP contribution >= 0.6 is 22.9 Å². The first-order valence-corrected chi connectivity index (χ1v) is 7.38. The molecule has 3 rings (SSSR count). The summed E-state index contributed by atoms with van der Waals surface area (Å²) in [7, 11) is 1.86. The molecule has 0 radical (unpaired) electrons. The van der Waals surface area contributed by atoms with E-state index in [2.05, 4.69) is 27.3 Å². The van der Waals surface area contributed by atoms with Crippen molar-refractivity contribution >= 4 is 22.9 Å². The number of hydrogen-bond donors (Lipinski definition) is 0. The van der Waals surface area contributed by atoms with E-state index in [1.54, 1.807) is 28.4 Å². The Morgan fingerprint density at radius 3 is 2.90 bits per heavy atom. The standard InChI is InChI=1S/C12H13ClN6S/c1-8(19-6-9(13)4-15-19)3-12-16-10(7-20-12)11-5-14-17-18(11)2/h4-8H,3H2,1-2H3/t8-/m1/s1. The van der Waals surface area contributed by atoms with Crippen LogP contribution in [0.3, 0.4) is 0 Å². The maximum Gasteiger partial charge on any atom is 0.107 e. The molecule has 0 fully saturated rings. The largest absolute Gasteiger partial charge is 0.268 e. The monoisotopic (exact) mass is 308 g/mol. The summed E-state index contributed by atoms with van der Waals surface area (Å²) in [6.07, 6.45) is 6.00. The topological polar surface area (TPSA) is 61.4 Å². The van der Waals surface area contributed by atoms with E-state index in [1.807, 2.05) is 23.3 Å². The van der Waals surface area contributed by atoms with Crippen LogP contribution in [0.1, 0.15) is 18.0 Å². The molecule has 0 unspecified atom stereocenters. The Bertz CT molecular complexity index is 715. The van der Waals surface area contributed by atoms with Crippen molar-refractivity contribution in [3.63, 3.8) is 0 Å². The van der Waals surface area contributed by atoms with E-state index in [-0.39, 0.29) is 6.04 Å². The highest BCUT2D eigenvalue weighted by molar-refractivity contribution is 7.09. The van der Waals surface area contributed by atoms with Crippen LogP contribution in [0.25, 0.3) is 11.4 Å². The van der Waals surface area contributed by atoms with Crippen LogP contribution in [-0.4, -0.2) is 29.8 Å². The highest BCUT2D eigenvalue weighted by Crippen LogP contribution is 2.23. The summed E-state index contributed by atoms with van der Waals surface area (Å²) in [6, 6.07) is 0.214. The summed E-state index contributed by atoms with van der Waals surface area (Å²) in [5, 5.41) is 15.7. The highest BCUT2D eigenvalue weighted by atomic mass is 35.5. The van der Waals surface area contributed by atoms with Gasteiger partial charge in [0.15, 0.2) is 0 Å². The summed E-state index contributed by atoms with van der Waals surface area (Å²) in [5.41, 5.74) is 1.82. The van der Waals surface area contributed by atoms with Crippen LogP contribution in [-0.2, 0) is 13.5 Å². The minimum Gasteiger partial charge on any atom is -0.268 e. The molecule has 6 nitrogen and oxygen atoms in total. The molecule has 104 valence electrons. The number of hydrogen-bond acceptors (Lipinski definition) is 5. The Balaban J connectivity index is 1.76. The van der Waals surface area contributed by atoms with Crippen LogP contribution in [0.15, 0.2) is 24.0 Å². The third-order valence-corrected chi connectivity index (χ3v) is 4.09. The van der Waals surface area contributed by atoms with Gasteiger partial charge in [0, 0.05) is 25.0 Å². The van der Waals surface area contributed by atoms with Gasteiger partial charge in [-0.3, -0.25) is 4.68 Å². The van der Waals surface area contributed by atoms with Gasteiger partial charge in [0.05, 0.1) is 28.5 Å². The number of aromatic nitrogens is 6. The number of nitrogens with zero attached hydrogens (tertiary/aromatic N) is 6. The smallest absolute Gasteiger partial charge is 0.107 e. The van der Waals surface area contributed by atoms with Crippen LogP contribution in [0, 0.1) is 0 Å². The van der Waals surface area contributed by atoms with Gasteiger partial charge in [-0.2, -0.15) is 5.10 Å². The molecule has 8 heteroatoms.